The Balaban J connectivity index is 2.05. The molecular weight excluding hydrogens is 212 g/mol. The summed E-state index contributed by atoms with van der Waals surface area (Å²) < 4.78 is 0. The van der Waals surface area contributed by atoms with E-state index in [1.807, 2.05) is 0 Å². The summed E-state index contributed by atoms with van der Waals surface area (Å²) in [6.07, 6.45) is 2.91. The second-order valence-corrected chi connectivity index (χ2v) is 3.51. The lowest BCUT2D eigenvalue weighted by atomic mass is 10.2. The molecule has 0 fully saturated rings. The van der Waals surface area contributed by atoms with Crippen LogP contribution in [0.3, 0.4) is 0 Å². The molecule has 0 atom stereocenters. The number of rotatable bonds is 5. The van der Waals surface area contributed by atoms with Crippen LogP contribution >= 0.6 is 12.2 Å². The molecule has 0 spiro atoms. The SMILES string of the molecule is CNC(=S)NCCCCc1nc(N)n[nH]1. The fourth-order valence-electron chi connectivity index (χ4n) is 1.13. The largest absolute Gasteiger partial charge is 0.367 e. The lowest BCUT2D eigenvalue weighted by molar-refractivity contribution is 0.688. The molecule has 0 saturated heterocycles. The van der Waals surface area contributed by atoms with Crippen molar-refractivity contribution >= 4 is 23.3 Å². The van der Waals surface area contributed by atoms with Crippen LogP contribution in [-0.4, -0.2) is 33.9 Å². The van der Waals surface area contributed by atoms with Crippen molar-refractivity contribution in [1.29, 1.82) is 0 Å². The standard InChI is InChI=1S/C8H16N6S/c1-10-8(15)11-5-3-2-4-6-12-7(9)14-13-6/h2-5H2,1H3,(H2,10,11,15)(H3,9,12,13,14). The van der Waals surface area contributed by atoms with Gasteiger partial charge in [-0.2, -0.15) is 4.98 Å². The minimum atomic E-state index is 0.305. The van der Waals surface area contributed by atoms with Crippen LogP contribution < -0.4 is 16.4 Å². The summed E-state index contributed by atoms with van der Waals surface area (Å²) in [6, 6.07) is 0. The summed E-state index contributed by atoms with van der Waals surface area (Å²) in [5.41, 5.74) is 5.38. The Bertz CT molecular complexity index is 310. The van der Waals surface area contributed by atoms with E-state index in [1.165, 1.54) is 0 Å². The number of aryl methyl sites for hydroxylation is 1. The van der Waals surface area contributed by atoms with E-state index in [1.54, 1.807) is 7.05 Å². The first-order chi connectivity index (χ1) is 7.22. The molecule has 1 aromatic rings. The summed E-state index contributed by atoms with van der Waals surface area (Å²) in [7, 11) is 1.80. The van der Waals surface area contributed by atoms with E-state index in [4.69, 9.17) is 18.0 Å². The molecule has 7 heteroatoms. The van der Waals surface area contributed by atoms with Crippen LogP contribution in [0.15, 0.2) is 0 Å². The predicted molar refractivity (Wildman–Crippen MR) is 63.4 cm³/mol. The highest BCUT2D eigenvalue weighted by Crippen LogP contribution is 1.99. The van der Waals surface area contributed by atoms with Crippen molar-refractivity contribution in [1.82, 2.24) is 25.8 Å². The summed E-state index contributed by atoms with van der Waals surface area (Å²) in [6.45, 7) is 0.864. The number of nitrogens with two attached hydrogens (primary N) is 1. The van der Waals surface area contributed by atoms with Gasteiger partial charge in [-0.25, -0.2) is 0 Å². The van der Waals surface area contributed by atoms with Gasteiger partial charge in [0.25, 0.3) is 0 Å². The third kappa shape index (κ3) is 4.59. The number of nitrogens with zero attached hydrogens (tertiary/aromatic N) is 2. The molecule has 1 rings (SSSR count). The molecule has 0 aromatic carbocycles. The highest BCUT2D eigenvalue weighted by molar-refractivity contribution is 7.80. The zero-order chi connectivity index (χ0) is 11.1. The second kappa shape index (κ2) is 6.18. The molecule has 0 aliphatic heterocycles. The monoisotopic (exact) mass is 228 g/mol. The number of aromatic nitrogens is 3. The van der Waals surface area contributed by atoms with Gasteiger partial charge in [-0.15, -0.1) is 5.10 Å². The van der Waals surface area contributed by atoms with Crippen LogP contribution in [0, 0.1) is 0 Å². The Morgan fingerprint density at radius 2 is 2.33 bits per heavy atom. The maximum atomic E-state index is 5.38. The van der Waals surface area contributed by atoms with Gasteiger partial charge in [0.15, 0.2) is 5.11 Å². The number of hydrogen-bond acceptors (Lipinski definition) is 4. The summed E-state index contributed by atoms with van der Waals surface area (Å²) in [4.78, 5) is 4.01. The van der Waals surface area contributed by atoms with Crippen molar-refractivity contribution in [2.24, 2.45) is 0 Å². The van der Waals surface area contributed by atoms with Crippen LogP contribution in [0.4, 0.5) is 5.95 Å². The van der Waals surface area contributed by atoms with Crippen LogP contribution in [0.2, 0.25) is 0 Å². The maximum Gasteiger partial charge on any atom is 0.239 e. The van der Waals surface area contributed by atoms with Crippen LogP contribution in [0.5, 0.6) is 0 Å². The van der Waals surface area contributed by atoms with E-state index in [0.29, 0.717) is 11.1 Å². The average Bonchev–Trinajstić information content (AvgIpc) is 2.63. The summed E-state index contributed by atoms with van der Waals surface area (Å²) in [5.74, 6) is 1.14. The Hall–Kier alpha value is -1.37. The summed E-state index contributed by atoms with van der Waals surface area (Å²) >= 11 is 4.93. The molecule has 0 bridgehead atoms. The second-order valence-electron chi connectivity index (χ2n) is 3.10. The van der Waals surface area contributed by atoms with E-state index >= 15 is 0 Å². The molecular formula is C8H16N6S. The lowest BCUT2D eigenvalue weighted by Gasteiger charge is -2.05. The molecule has 84 valence electrons. The summed E-state index contributed by atoms with van der Waals surface area (Å²) in [5, 5.41) is 13.1. The van der Waals surface area contributed by atoms with Crippen molar-refractivity contribution in [2.75, 3.05) is 19.3 Å². The predicted octanol–water partition coefficient (Wildman–Crippen LogP) is -0.197. The first-order valence-electron chi connectivity index (χ1n) is 4.84. The molecule has 0 aliphatic carbocycles. The third-order valence-corrected chi connectivity index (χ3v) is 2.25. The fraction of sp³-hybridized carbons (Fsp3) is 0.625. The number of unbranched alkanes of at least 4 members (excludes halogenated alkanes) is 1. The normalized spacial score (nSPS) is 9.93. The number of nitrogens with one attached hydrogen (secondary N) is 3. The number of thiocarbonyl (C=S) groups is 1. The maximum absolute atomic E-state index is 5.38. The highest BCUT2D eigenvalue weighted by Gasteiger charge is 1.98. The number of anilines is 1. The first kappa shape index (κ1) is 11.7. The van der Waals surface area contributed by atoms with Gasteiger partial charge >= 0.3 is 0 Å². The molecule has 0 amide bonds. The molecule has 1 aromatic heterocycles. The highest BCUT2D eigenvalue weighted by atomic mass is 32.1. The smallest absolute Gasteiger partial charge is 0.239 e. The molecule has 0 aliphatic rings. The van der Waals surface area contributed by atoms with Gasteiger partial charge in [0.2, 0.25) is 5.95 Å². The average molecular weight is 228 g/mol. The van der Waals surface area contributed by atoms with E-state index in [0.717, 1.165) is 31.6 Å². The van der Waals surface area contributed by atoms with Crippen molar-refractivity contribution < 1.29 is 0 Å². The number of hydrogen-bond donors (Lipinski definition) is 4. The Labute approximate surface area is 94.0 Å². The lowest BCUT2D eigenvalue weighted by Crippen LogP contribution is -2.32. The fourth-order valence-corrected chi connectivity index (χ4v) is 1.23. The van der Waals surface area contributed by atoms with Gasteiger partial charge in [-0.05, 0) is 25.1 Å². The van der Waals surface area contributed by atoms with E-state index in [9.17, 15) is 0 Å². The molecule has 1 heterocycles. The molecule has 15 heavy (non-hydrogen) atoms. The minimum absolute atomic E-state index is 0.305. The minimum Gasteiger partial charge on any atom is -0.367 e. The zero-order valence-electron chi connectivity index (χ0n) is 8.71. The van der Waals surface area contributed by atoms with Crippen LogP contribution in [0.25, 0.3) is 0 Å². The van der Waals surface area contributed by atoms with Gasteiger partial charge < -0.3 is 16.4 Å². The van der Waals surface area contributed by atoms with Gasteiger partial charge in [0.05, 0.1) is 0 Å². The van der Waals surface area contributed by atoms with Crippen molar-refractivity contribution in [3.63, 3.8) is 0 Å². The van der Waals surface area contributed by atoms with Crippen LogP contribution in [-0.2, 0) is 6.42 Å². The molecule has 0 radical (unpaired) electrons. The number of H-pyrrole nitrogens is 1. The first-order valence-corrected chi connectivity index (χ1v) is 5.25. The van der Waals surface area contributed by atoms with E-state index in [2.05, 4.69) is 25.8 Å². The Kier molecular flexibility index (Phi) is 4.82. The molecule has 5 N–H and O–H groups in total. The van der Waals surface area contributed by atoms with Gasteiger partial charge in [-0.1, -0.05) is 0 Å². The van der Waals surface area contributed by atoms with E-state index < -0.39 is 0 Å². The zero-order valence-corrected chi connectivity index (χ0v) is 9.52. The van der Waals surface area contributed by atoms with Gasteiger partial charge in [-0.3, -0.25) is 5.10 Å². The van der Waals surface area contributed by atoms with Gasteiger partial charge in [0.1, 0.15) is 5.82 Å². The van der Waals surface area contributed by atoms with Crippen molar-refractivity contribution in [2.45, 2.75) is 19.3 Å². The van der Waals surface area contributed by atoms with Crippen LogP contribution in [0.1, 0.15) is 18.7 Å². The quantitative estimate of drug-likeness (QED) is 0.412. The molecule has 0 saturated carbocycles. The van der Waals surface area contributed by atoms with Crippen molar-refractivity contribution in [3.05, 3.63) is 5.82 Å². The Morgan fingerprint density at radius 3 is 2.93 bits per heavy atom. The number of aromatic amines is 1. The van der Waals surface area contributed by atoms with Crippen molar-refractivity contribution in [3.8, 4) is 0 Å². The topological polar surface area (TPSA) is 91.7 Å². The van der Waals surface area contributed by atoms with Gasteiger partial charge in [0, 0.05) is 20.0 Å². The third-order valence-electron chi connectivity index (χ3n) is 1.90. The molecule has 0 unspecified atom stereocenters. The number of nitrogen functional groups attached to an aromatic ring is 1. The van der Waals surface area contributed by atoms with E-state index in [-0.39, 0.29) is 0 Å². The molecule has 6 nitrogen and oxygen atoms in total. The Morgan fingerprint density at radius 1 is 1.53 bits per heavy atom.